The number of nitrogens with zero attached hydrogens (tertiary/aromatic N) is 2. The Bertz CT molecular complexity index is 1400. The van der Waals surface area contributed by atoms with Gasteiger partial charge in [-0.25, -0.2) is 9.41 Å². The summed E-state index contributed by atoms with van der Waals surface area (Å²) in [6, 6.07) is 20.5. The van der Waals surface area contributed by atoms with E-state index in [4.69, 9.17) is 11.0 Å². The molecule has 5 aromatic rings. The number of furan rings is 1. The van der Waals surface area contributed by atoms with Crippen LogP contribution in [0.25, 0.3) is 48.8 Å². The molecule has 0 aliphatic rings. The van der Waals surface area contributed by atoms with E-state index in [1.165, 1.54) is 16.3 Å². The number of fused-ring (bicyclic) bond motifs is 4. The van der Waals surface area contributed by atoms with Gasteiger partial charge in [0.2, 0.25) is 5.69 Å². The molecule has 0 radical (unpaired) electrons. The van der Waals surface area contributed by atoms with Crippen molar-refractivity contribution >= 4 is 38.4 Å². The highest BCUT2D eigenvalue weighted by molar-refractivity contribution is 6.12. The van der Waals surface area contributed by atoms with Gasteiger partial charge in [0, 0.05) is 16.8 Å². The Morgan fingerprint density at radius 1 is 0.926 bits per heavy atom. The molecule has 0 saturated carbocycles. The van der Waals surface area contributed by atoms with Crippen molar-refractivity contribution in [1.82, 2.24) is 0 Å². The van der Waals surface area contributed by atoms with Crippen LogP contribution in [-0.2, 0) is 7.05 Å². The molecule has 0 aliphatic carbocycles. The third kappa shape index (κ3) is 2.24. The van der Waals surface area contributed by atoms with Crippen LogP contribution in [0.3, 0.4) is 0 Å². The van der Waals surface area contributed by atoms with Gasteiger partial charge < -0.3 is 4.42 Å². The first kappa shape index (κ1) is 15.6. The summed E-state index contributed by atoms with van der Waals surface area (Å²) in [5.74, 6) is 0. The molecule has 0 atom stereocenters. The maximum absolute atomic E-state index is 7.26. The van der Waals surface area contributed by atoms with Gasteiger partial charge in [0.15, 0.2) is 11.9 Å². The largest absolute Gasteiger partial charge is 0.456 e. The lowest BCUT2D eigenvalue weighted by atomic mass is 9.97. The molecule has 128 valence electrons. The molecule has 0 fully saturated rings. The van der Waals surface area contributed by atoms with Crippen LogP contribution in [0.5, 0.6) is 0 Å². The molecule has 3 heteroatoms. The number of benzene rings is 3. The topological polar surface area (TPSA) is 21.4 Å². The summed E-state index contributed by atoms with van der Waals surface area (Å²) in [6.07, 6.45) is 2.09. The number of rotatable bonds is 1. The van der Waals surface area contributed by atoms with E-state index in [1.54, 1.807) is 0 Å². The minimum atomic E-state index is 0.593. The van der Waals surface area contributed by atoms with Gasteiger partial charge in [0.25, 0.3) is 0 Å². The predicted octanol–water partition coefficient (Wildman–Crippen LogP) is 6.09. The summed E-state index contributed by atoms with van der Waals surface area (Å²) < 4.78 is 8.46. The molecule has 0 N–H and O–H groups in total. The van der Waals surface area contributed by atoms with E-state index in [0.717, 1.165) is 33.2 Å². The third-order valence-electron chi connectivity index (χ3n) is 5.25. The van der Waals surface area contributed by atoms with Crippen LogP contribution in [0.1, 0.15) is 5.56 Å². The first-order valence-corrected chi connectivity index (χ1v) is 8.88. The molecule has 0 amide bonds. The van der Waals surface area contributed by atoms with E-state index in [1.807, 2.05) is 18.2 Å². The number of pyridine rings is 1. The highest BCUT2D eigenvalue weighted by atomic mass is 16.3. The van der Waals surface area contributed by atoms with Gasteiger partial charge in [-0.3, -0.25) is 0 Å². The maximum Gasteiger partial charge on any atom is 0.224 e. The van der Waals surface area contributed by atoms with Crippen LogP contribution >= 0.6 is 0 Å². The average Bonchev–Trinajstić information content (AvgIpc) is 3.06. The van der Waals surface area contributed by atoms with Gasteiger partial charge >= 0.3 is 0 Å². The Morgan fingerprint density at radius 2 is 1.74 bits per heavy atom. The normalized spacial score (nSPS) is 11.3. The van der Waals surface area contributed by atoms with Gasteiger partial charge in [0.05, 0.1) is 17.5 Å². The highest BCUT2D eigenvalue weighted by Crippen LogP contribution is 2.39. The molecule has 2 aromatic heterocycles. The summed E-state index contributed by atoms with van der Waals surface area (Å²) in [4.78, 5) is 3.53. The second-order valence-electron chi connectivity index (χ2n) is 6.89. The smallest absolute Gasteiger partial charge is 0.224 e. The van der Waals surface area contributed by atoms with Crippen LogP contribution in [0.15, 0.2) is 71.3 Å². The standard InChI is InChI=1S/C24H17N2O/c1-15-8-10-20-19-11-9-17(25-2)14-21(19)27-24(20)22(15)23-18-7-5-4-6-16(18)12-13-26(23)3/h4-14H,1,3H3/q+1. The number of aryl methyl sites for hydroxylation is 2. The zero-order valence-electron chi connectivity index (χ0n) is 15.2. The lowest BCUT2D eigenvalue weighted by Gasteiger charge is -2.08. The first-order chi connectivity index (χ1) is 13.2. The monoisotopic (exact) mass is 349 g/mol. The summed E-state index contributed by atoms with van der Waals surface area (Å²) in [5, 5.41) is 4.52. The Labute approximate surface area is 156 Å². The first-order valence-electron chi connectivity index (χ1n) is 8.88. The fraction of sp³-hybridized carbons (Fsp3) is 0.0833. The molecule has 3 aromatic carbocycles. The Kier molecular flexibility index (Phi) is 3.29. The quantitative estimate of drug-likeness (QED) is 0.265. The van der Waals surface area contributed by atoms with Crippen molar-refractivity contribution in [2.24, 2.45) is 7.05 Å². The maximum atomic E-state index is 7.26. The number of hydrogen-bond donors (Lipinski definition) is 0. The van der Waals surface area contributed by atoms with Crippen LogP contribution in [0, 0.1) is 13.5 Å². The minimum absolute atomic E-state index is 0.593. The van der Waals surface area contributed by atoms with E-state index in [9.17, 15) is 0 Å². The van der Waals surface area contributed by atoms with Gasteiger partial charge in [0.1, 0.15) is 18.2 Å². The van der Waals surface area contributed by atoms with Crippen molar-refractivity contribution in [3.8, 4) is 11.3 Å². The van der Waals surface area contributed by atoms with Crippen molar-refractivity contribution in [3.05, 3.63) is 83.8 Å². The minimum Gasteiger partial charge on any atom is -0.456 e. The van der Waals surface area contributed by atoms with E-state index < -0.39 is 0 Å². The molecular formula is C24H17N2O+. The lowest BCUT2D eigenvalue weighted by Crippen LogP contribution is -2.30. The molecule has 0 saturated heterocycles. The molecule has 0 spiro atoms. The lowest BCUT2D eigenvalue weighted by molar-refractivity contribution is -0.659. The van der Waals surface area contributed by atoms with Crippen molar-refractivity contribution in [3.63, 3.8) is 0 Å². The van der Waals surface area contributed by atoms with E-state index in [-0.39, 0.29) is 0 Å². The van der Waals surface area contributed by atoms with Crippen molar-refractivity contribution in [2.45, 2.75) is 6.92 Å². The summed E-state index contributed by atoms with van der Waals surface area (Å²) in [6.45, 7) is 9.38. The van der Waals surface area contributed by atoms with Crippen LogP contribution in [0.2, 0.25) is 0 Å². The summed E-state index contributed by atoms with van der Waals surface area (Å²) >= 11 is 0. The summed E-state index contributed by atoms with van der Waals surface area (Å²) in [5.41, 5.74) is 5.63. The van der Waals surface area contributed by atoms with E-state index in [0.29, 0.717) is 5.69 Å². The zero-order valence-corrected chi connectivity index (χ0v) is 15.2. The SMILES string of the molecule is [C-]#[N+]c1ccc2c(c1)oc1c(-c3c4ccccc4cc[n+]3C)c(C)ccc12. The van der Waals surface area contributed by atoms with Gasteiger partial charge in [-0.2, -0.15) is 0 Å². The van der Waals surface area contributed by atoms with Gasteiger partial charge in [-0.1, -0.05) is 42.5 Å². The molecule has 0 unspecified atom stereocenters. The highest BCUT2D eigenvalue weighted by Gasteiger charge is 2.23. The number of aromatic nitrogens is 1. The number of hydrogen-bond acceptors (Lipinski definition) is 1. The molecule has 0 aliphatic heterocycles. The molecule has 27 heavy (non-hydrogen) atoms. The zero-order chi connectivity index (χ0) is 18.5. The van der Waals surface area contributed by atoms with Crippen LogP contribution in [-0.4, -0.2) is 0 Å². The van der Waals surface area contributed by atoms with Crippen molar-refractivity contribution in [2.75, 3.05) is 0 Å². The second kappa shape index (κ2) is 5.69. The Morgan fingerprint density at radius 3 is 2.59 bits per heavy atom. The van der Waals surface area contributed by atoms with Gasteiger partial charge in [-0.05, 0) is 30.0 Å². The fourth-order valence-corrected chi connectivity index (χ4v) is 3.92. The predicted molar refractivity (Wildman–Crippen MR) is 109 cm³/mol. The molecule has 2 heterocycles. The summed E-state index contributed by atoms with van der Waals surface area (Å²) in [7, 11) is 2.07. The van der Waals surface area contributed by atoms with E-state index in [2.05, 4.69) is 72.0 Å². The van der Waals surface area contributed by atoms with Crippen molar-refractivity contribution < 1.29 is 8.98 Å². The second-order valence-corrected chi connectivity index (χ2v) is 6.89. The molecule has 0 bridgehead atoms. The fourth-order valence-electron chi connectivity index (χ4n) is 3.92. The molecular weight excluding hydrogens is 332 g/mol. The van der Waals surface area contributed by atoms with Crippen LogP contribution < -0.4 is 4.57 Å². The van der Waals surface area contributed by atoms with Crippen molar-refractivity contribution in [1.29, 1.82) is 0 Å². The van der Waals surface area contributed by atoms with Crippen LogP contribution in [0.4, 0.5) is 5.69 Å². The van der Waals surface area contributed by atoms with Gasteiger partial charge in [-0.15, -0.1) is 0 Å². The Balaban J connectivity index is 1.96. The van der Waals surface area contributed by atoms with E-state index >= 15 is 0 Å². The Hall–Kier alpha value is -3.64. The average molecular weight is 349 g/mol. The third-order valence-corrected chi connectivity index (χ3v) is 5.25. The molecule has 5 rings (SSSR count). The molecule has 3 nitrogen and oxygen atoms in total.